The molecule has 1 aliphatic rings. The Balaban J connectivity index is 0.000000160. The first kappa shape index (κ1) is 54.7. The lowest BCUT2D eigenvalue weighted by atomic mass is 9.80. The summed E-state index contributed by atoms with van der Waals surface area (Å²) in [6.07, 6.45) is 7.41. The van der Waals surface area contributed by atoms with Gasteiger partial charge in [0, 0.05) is 105 Å². The van der Waals surface area contributed by atoms with Crippen molar-refractivity contribution >= 4 is 131 Å². The van der Waals surface area contributed by atoms with Gasteiger partial charge in [0.25, 0.3) is 0 Å². The number of nitrogen functional groups attached to an aromatic ring is 2. The molecule has 0 unspecified atom stereocenters. The summed E-state index contributed by atoms with van der Waals surface area (Å²) in [6, 6.07) is 47.7. The van der Waals surface area contributed by atoms with E-state index in [1.807, 2.05) is 132 Å². The van der Waals surface area contributed by atoms with Gasteiger partial charge in [-0.3, -0.25) is 9.59 Å². The Morgan fingerprint density at radius 1 is 0.675 bits per heavy atom. The molecule has 1 fully saturated rings. The molecule has 10 aromatic rings. The molecule has 4 heterocycles. The number of nitrogens with one attached hydrogen (secondary N) is 3. The summed E-state index contributed by atoms with van der Waals surface area (Å²) < 4.78 is 0.935. The van der Waals surface area contributed by atoms with Crippen LogP contribution >= 0.6 is 39.1 Å². The van der Waals surface area contributed by atoms with Crippen LogP contribution in [0.25, 0.3) is 55.0 Å². The van der Waals surface area contributed by atoms with Gasteiger partial charge >= 0.3 is 7.12 Å². The van der Waals surface area contributed by atoms with Crippen LogP contribution in [0.15, 0.2) is 187 Å². The zero-order valence-corrected chi connectivity index (χ0v) is 44.5. The maximum absolute atomic E-state index is 11.7. The number of anilines is 6. The van der Waals surface area contributed by atoms with E-state index < -0.39 is 7.12 Å². The first-order valence-electron chi connectivity index (χ1n) is 23.9. The minimum absolute atomic E-state index is 0.120. The fourth-order valence-electron chi connectivity index (χ4n) is 8.18. The number of likely N-dealkylation sites (tertiary alicyclic amines) is 1. The molecule has 0 spiro atoms. The fraction of sp³-hybridized carbons (Fsp3) is 0.0877. The molecular weight excluding hydrogens is 1080 g/mol. The molecule has 386 valence electrons. The third-order valence-electron chi connectivity index (χ3n) is 11.9. The molecule has 9 N–H and O–H groups in total. The molecule has 2 amide bonds. The SMILES string of the molecule is C=CC(=O)Nc1cccc(-c2cccc3cnc(Nc4ccc(N[C@H]5CCN(C(C)=O)C5)cc4)nc23)c1.Clc1ncc2cccc(Br)c2n1.Nc1cccc(-c2cccc3cnc(Cl)nc23)c1.Nc1cccc(B(O)O)c1. The minimum atomic E-state index is -1.43. The minimum Gasteiger partial charge on any atom is -0.423 e. The van der Waals surface area contributed by atoms with Crippen LogP contribution < -0.4 is 32.9 Å². The van der Waals surface area contributed by atoms with Gasteiger partial charge in [-0.1, -0.05) is 91.5 Å². The van der Waals surface area contributed by atoms with Crippen LogP contribution in [0.4, 0.5) is 34.4 Å². The van der Waals surface area contributed by atoms with Crippen LogP contribution in [0.2, 0.25) is 10.6 Å². The molecule has 20 heteroatoms. The Morgan fingerprint density at radius 3 is 1.82 bits per heavy atom. The summed E-state index contributed by atoms with van der Waals surface area (Å²) in [5.41, 5.74) is 21.8. The van der Waals surface area contributed by atoms with Gasteiger partial charge in [-0.25, -0.2) is 29.9 Å². The number of nitrogens with zero attached hydrogens (tertiary/aromatic N) is 7. The van der Waals surface area contributed by atoms with E-state index in [-0.39, 0.29) is 28.4 Å². The summed E-state index contributed by atoms with van der Waals surface area (Å²) in [7, 11) is -1.43. The molecule has 7 aromatic carbocycles. The van der Waals surface area contributed by atoms with Crippen LogP contribution in [0.1, 0.15) is 13.3 Å². The van der Waals surface area contributed by atoms with Crippen LogP contribution in [0.3, 0.4) is 0 Å². The number of carbonyl (C=O) groups excluding carboxylic acids is 2. The van der Waals surface area contributed by atoms with Crippen molar-refractivity contribution in [2.75, 3.05) is 40.5 Å². The number of nitrogens with two attached hydrogens (primary N) is 2. The number of rotatable bonds is 9. The highest BCUT2D eigenvalue weighted by atomic mass is 79.9. The van der Waals surface area contributed by atoms with Gasteiger partial charge in [-0.05, 0) is 135 Å². The lowest BCUT2D eigenvalue weighted by molar-refractivity contribution is -0.127. The molecule has 0 saturated carbocycles. The van der Waals surface area contributed by atoms with Crippen molar-refractivity contribution in [3.8, 4) is 22.3 Å². The number of halogens is 3. The summed E-state index contributed by atoms with van der Waals surface area (Å²) in [4.78, 5) is 50.7. The summed E-state index contributed by atoms with van der Waals surface area (Å²) in [5, 5.41) is 30.3. The number of para-hydroxylation sites is 3. The molecule has 0 aliphatic carbocycles. The molecule has 0 radical (unpaired) electrons. The number of carbonyl (C=O) groups is 2. The first-order chi connectivity index (χ1) is 37.2. The predicted octanol–water partition coefficient (Wildman–Crippen LogP) is 10.7. The Kier molecular flexibility index (Phi) is 18.4. The monoisotopic (exact) mass is 1130 g/mol. The van der Waals surface area contributed by atoms with Crippen molar-refractivity contribution < 1.29 is 19.6 Å². The molecule has 1 saturated heterocycles. The number of aromatic nitrogens is 6. The number of fused-ring (bicyclic) bond motifs is 3. The summed E-state index contributed by atoms with van der Waals surface area (Å²) in [6.45, 7) is 6.64. The van der Waals surface area contributed by atoms with Crippen molar-refractivity contribution in [2.45, 2.75) is 19.4 Å². The predicted molar refractivity (Wildman–Crippen MR) is 315 cm³/mol. The average molecular weight is 1130 g/mol. The van der Waals surface area contributed by atoms with Crippen molar-refractivity contribution in [3.63, 3.8) is 0 Å². The summed E-state index contributed by atoms with van der Waals surface area (Å²) in [5.74, 6) is 0.352. The van der Waals surface area contributed by atoms with Gasteiger partial charge < -0.3 is 42.4 Å². The number of amides is 2. The average Bonchev–Trinajstić information content (AvgIpc) is 3.92. The van der Waals surface area contributed by atoms with Crippen molar-refractivity contribution in [1.29, 1.82) is 0 Å². The van der Waals surface area contributed by atoms with Gasteiger partial charge in [0.05, 0.1) is 16.6 Å². The van der Waals surface area contributed by atoms with Crippen LogP contribution in [-0.4, -0.2) is 82.9 Å². The lowest BCUT2D eigenvalue weighted by Gasteiger charge is -2.16. The second kappa shape index (κ2) is 25.8. The maximum Gasteiger partial charge on any atom is 0.488 e. The van der Waals surface area contributed by atoms with E-state index in [0.717, 1.165) is 96.0 Å². The lowest BCUT2D eigenvalue weighted by Crippen LogP contribution is -2.29. The van der Waals surface area contributed by atoms with Gasteiger partial charge in [-0.15, -0.1) is 0 Å². The normalized spacial score (nSPS) is 12.5. The number of hydrogen-bond donors (Lipinski definition) is 7. The summed E-state index contributed by atoms with van der Waals surface area (Å²) >= 11 is 14.9. The first-order valence-corrected chi connectivity index (χ1v) is 25.5. The van der Waals surface area contributed by atoms with Gasteiger partial charge in [0.2, 0.25) is 28.3 Å². The van der Waals surface area contributed by atoms with Gasteiger partial charge in [-0.2, -0.15) is 0 Å². The molecule has 0 bridgehead atoms. The van der Waals surface area contributed by atoms with E-state index in [0.29, 0.717) is 22.8 Å². The van der Waals surface area contributed by atoms with E-state index >= 15 is 0 Å². The topological polar surface area (TPSA) is 243 Å². The second-order valence-corrected chi connectivity index (χ2v) is 18.9. The zero-order chi connectivity index (χ0) is 54.4. The van der Waals surface area contributed by atoms with Crippen molar-refractivity contribution in [2.24, 2.45) is 0 Å². The Hall–Kier alpha value is -8.52. The third-order valence-corrected chi connectivity index (χ3v) is 12.9. The van der Waals surface area contributed by atoms with Crippen molar-refractivity contribution in [1.82, 2.24) is 34.8 Å². The van der Waals surface area contributed by atoms with Crippen LogP contribution in [0.5, 0.6) is 0 Å². The van der Waals surface area contributed by atoms with E-state index in [9.17, 15) is 9.59 Å². The highest BCUT2D eigenvalue weighted by Crippen LogP contribution is 2.31. The van der Waals surface area contributed by atoms with E-state index in [1.165, 1.54) is 12.1 Å². The largest absolute Gasteiger partial charge is 0.488 e. The standard InChI is InChI=1S/C29H28N6O2.C14H10ClN3.C8H4BrClN2.C6H8BNO2/c1-3-27(37)32-24-8-4-6-20(16-24)26-9-5-7-21-17-30-29(34-28(21)26)33-23-12-10-22(11-13-23)31-25-14-15-35(18-25)19(2)36;15-14-17-8-10-4-2-6-12(13(10)18-14)9-3-1-5-11(16)7-9;9-6-3-1-2-5-4-11-8(10)12-7(5)6;8-6-3-1-2-5(4-6)7(9)10/h3-13,16-17,25,31H,1,14-15,18H2,2H3,(H,32,37)(H,30,33,34);1-8H,16H2;1-4H;1-4,9-10H,8H2/t25-;;;/m0.../s1. The highest BCUT2D eigenvalue weighted by Gasteiger charge is 2.24. The fourth-order valence-corrected chi connectivity index (χ4v) is 8.91. The van der Waals surface area contributed by atoms with E-state index in [4.69, 9.17) is 49.7 Å². The Morgan fingerprint density at radius 2 is 1.22 bits per heavy atom. The van der Waals surface area contributed by atoms with Crippen molar-refractivity contribution in [3.05, 3.63) is 198 Å². The number of hydrogen-bond acceptors (Lipinski definition) is 14. The van der Waals surface area contributed by atoms with Crippen LogP contribution in [-0.2, 0) is 9.59 Å². The quantitative estimate of drug-likeness (QED) is 0.0308. The zero-order valence-electron chi connectivity index (χ0n) is 41.4. The van der Waals surface area contributed by atoms with Crippen LogP contribution in [0, 0.1) is 0 Å². The second-order valence-electron chi connectivity index (χ2n) is 17.4. The molecule has 11 rings (SSSR count). The number of benzene rings is 7. The third kappa shape index (κ3) is 14.9. The molecule has 1 atom stereocenters. The van der Waals surface area contributed by atoms with E-state index in [1.54, 1.807) is 43.7 Å². The molecular formula is C57H50BBrCl2N12O4. The Labute approximate surface area is 462 Å². The molecule has 16 nitrogen and oxygen atoms in total. The Bertz CT molecular complexity index is 3730. The maximum atomic E-state index is 11.7. The van der Waals surface area contributed by atoms with Gasteiger partial charge in [0.1, 0.15) is 0 Å². The molecule has 77 heavy (non-hydrogen) atoms. The smallest absolute Gasteiger partial charge is 0.423 e. The van der Waals surface area contributed by atoms with E-state index in [2.05, 4.69) is 63.4 Å². The highest BCUT2D eigenvalue weighted by molar-refractivity contribution is 9.10. The molecule has 1 aliphatic heterocycles. The molecule has 3 aromatic heterocycles. The van der Waals surface area contributed by atoms with Gasteiger partial charge in [0.15, 0.2) is 0 Å².